The summed E-state index contributed by atoms with van der Waals surface area (Å²) in [6.07, 6.45) is 0.796. The fourth-order valence-corrected chi connectivity index (χ4v) is 4.29. The Labute approximate surface area is 127 Å². The first-order valence-corrected chi connectivity index (χ1v) is 9.00. The third-order valence-corrected chi connectivity index (χ3v) is 6.26. The normalized spacial score (nSPS) is 12.5. The number of rotatable bonds is 8. The summed E-state index contributed by atoms with van der Waals surface area (Å²) in [6.45, 7) is 1.72. The van der Waals surface area contributed by atoms with E-state index in [2.05, 4.69) is 21.2 Å². The van der Waals surface area contributed by atoms with Crippen molar-refractivity contribution in [2.24, 2.45) is 0 Å². The van der Waals surface area contributed by atoms with Crippen LogP contribution in [0.4, 0.5) is 0 Å². The van der Waals surface area contributed by atoms with Crippen LogP contribution in [0.15, 0.2) is 15.9 Å². The highest BCUT2D eigenvalue weighted by atomic mass is 79.9. The molecule has 1 aromatic heterocycles. The van der Waals surface area contributed by atoms with Gasteiger partial charge in [-0.3, -0.25) is 0 Å². The highest BCUT2D eigenvalue weighted by Crippen LogP contribution is 2.22. The molecule has 0 saturated heterocycles. The zero-order chi connectivity index (χ0) is 14.5. The van der Waals surface area contributed by atoms with Crippen molar-refractivity contribution in [3.63, 3.8) is 0 Å². The highest BCUT2D eigenvalue weighted by Gasteiger charge is 2.23. The summed E-state index contributed by atoms with van der Waals surface area (Å²) in [5, 5.41) is 4.96. The summed E-state index contributed by atoms with van der Waals surface area (Å²) in [7, 11) is 1.70. The van der Waals surface area contributed by atoms with E-state index in [0.717, 1.165) is 22.3 Å². The average Bonchev–Trinajstić information content (AvgIpc) is 2.74. The maximum absolute atomic E-state index is 12.3. The Morgan fingerprint density at radius 2 is 2.05 bits per heavy atom. The Bertz CT molecular complexity index is 490. The van der Waals surface area contributed by atoms with Gasteiger partial charge in [-0.15, -0.1) is 11.3 Å². The van der Waals surface area contributed by atoms with Crippen molar-refractivity contribution >= 4 is 37.5 Å². The van der Waals surface area contributed by atoms with Crippen LogP contribution in [0, 0.1) is 0 Å². The minimum Gasteiger partial charge on any atom is -0.320 e. The lowest BCUT2D eigenvalue weighted by Gasteiger charge is -2.24. The Hall–Kier alpha value is 0.01000. The van der Waals surface area contributed by atoms with Crippen LogP contribution >= 0.6 is 27.3 Å². The molecule has 0 aliphatic rings. The highest BCUT2D eigenvalue weighted by molar-refractivity contribution is 9.10. The first-order chi connectivity index (χ1) is 8.87. The molecule has 8 heteroatoms. The van der Waals surface area contributed by atoms with Gasteiger partial charge in [0.25, 0.3) is 10.2 Å². The smallest absolute Gasteiger partial charge is 0.281 e. The van der Waals surface area contributed by atoms with Gasteiger partial charge in [0.1, 0.15) is 0 Å². The fraction of sp³-hybridized carbons (Fsp3) is 0.636. The SMILES string of the molecule is CNCCCN(C)S(=O)(=O)N(C)Cc1cc(Br)cs1. The van der Waals surface area contributed by atoms with Crippen LogP contribution in [0.25, 0.3) is 0 Å². The molecule has 5 nitrogen and oxygen atoms in total. The summed E-state index contributed by atoms with van der Waals surface area (Å²) >= 11 is 4.91. The molecule has 0 aliphatic carbocycles. The van der Waals surface area contributed by atoms with E-state index in [1.165, 1.54) is 8.61 Å². The van der Waals surface area contributed by atoms with Gasteiger partial charge < -0.3 is 5.32 Å². The molecule has 0 radical (unpaired) electrons. The Balaban J connectivity index is 2.60. The maximum Gasteiger partial charge on any atom is 0.281 e. The van der Waals surface area contributed by atoms with Crippen LogP contribution < -0.4 is 5.32 Å². The molecule has 0 fully saturated rings. The van der Waals surface area contributed by atoms with Crippen LogP contribution in [0.2, 0.25) is 0 Å². The molecule has 0 aliphatic heterocycles. The molecular formula is C11H20BrN3O2S2. The second kappa shape index (κ2) is 7.70. The second-order valence-electron chi connectivity index (χ2n) is 4.27. The Morgan fingerprint density at radius 3 is 2.58 bits per heavy atom. The zero-order valence-corrected chi connectivity index (χ0v) is 14.6. The number of thiophene rings is 1. The van der Waals surface area contributed by atoms with Crippen LogP contribution in [0.3, 0.4) is 0 Å². The van der Waals surface area contributed by atoms with E-state index in [4.69, 9.17) is 0 Å². The first-order valence-electron chi connectivity index (χ1n) is 5.93. The van der Waals surface area contributed by atoms with Crippen molar-refractivity contribution in [2.45, 2.75) is 13.0 Å². The third-order valence-electron chi connectivity index (χ3n) is 2.69. The van der Waals surface area contributed by atoms with Gasteiger partial charge in [-0.25, -0.2) is 0 Å². The largest absolute Gasteiger partial charge is 0.320 e. The van der Waals surface area contributed by atoms with Gasteiger partial charge >= 0.3 is 0 Å². The van der Waals surface area contributed by atoms with Gasteiger partial charge in [-0.2, -0.15) is 17.0 Å². The topological polar surface area (TPSA) is 52.7 Å². The molecule has 1 N–H and O–H groups in total. The number of nitrogens with one attached hydrogen (secondary N) is 1. The lowest BCUT2D eigenvalue weighted by molar-refractivity contribution is 0.386. The van der Waals surface area contributed by atoms with Crippen molar-refractivity contribution in [1.82, 2.24) is 13.9 Å². The molecule has 0 spiro atoms. The Morgan fingerprint density at radius 1 is 1.37 bits per heavy atom. The van der Waals surface area contributed by atoms with Crippen molar-refractivity contribution < 1.29 is 8.42 Å². The van der Waals surface area contributed by atoms with Crippen LogP contribution in [-0.2, 0) is 16.8 Å². The van der Waals surface area contributed by atoms with Crippen molar-refractivity contribution in [2.75, 3.05) is 34.2 Å². The molecular weight excluding hydrogens is 350 g/mol. The number of halogens is 1. The first kappa shape index (κ1) is 17.1. The average molecular weight is 370 g/mol. The summed E-state index contributed by atoms with van der Waals surface area (Å²) < 4.78 is 28.3. The summed E-state index contributed by atoms with van der Waals surface area (Å²) in [5.74, 6) is 0. The van der Waals surface area contributed by atoms with Gasteiger partial charge in [0.2, 0.25) is 0 Å². The quantitative estimate of drug-likeness (QED) is 0.709. The van der Waals surface area contributed by atoms with Gasteiger partial charge in [-0.05, 0) is 42.0 Å². The molecule has 1 aromatic rings. The number of hydrogen-bond donors (Lipinski definition) is 1. The number of hydrogen-bond acceptors (Lipinski definition) is 4. The van der Waals surface area contributed by atoms with Crippen LogP contribution in [0.1, 0.15) is 11.3 Å². The van der Waals surface area contributed by atoms with E-state index in [0.29, 0.717) is 13.1 Å². The van der Waals surface area contributed by atoms with Gasteiger partial charge in [0.15, 0.2) is 0 Å². The Kier molecular flexibility index (Phi) is 6.92. The number of nitrogens with zero attached hydrogens (tertiary/aromatic N) is 2. The van der Waals surface area contributed by atoms with E-state index in [9.17, 15) is 8.42 Å². The predicted molar refractivity (Wildman–Crippen MR) is 83.6 cm³/mol. The monoisotopic (exact) mass is 369 g/mol. The van der Waals surface area contributed by atoms with E-state index in [1.54, 1.807) is 25.4 Å². The minimum absolute atomic E-state index is 0.398. The lowest BCUT2D eigenvalue weighted by atomic mass is 10.4. The van der Waals surface area contributed by atoms with Gasteiger partial charge in [0.05, 0.1) is 0 Å². The molecule has 0 atom stereocenters. The van der Waals surface area contributed by atoms with Crippen molar-refractivity contribution in [3.05, 3.63) is 20.8 Å². The third kappa shape index (κ3) is 5.13. The lowest BCUT2D eigenvalue weighted by Crippen LogP contribution is -2.40. The summed E-state index contributed by atoms with van der Waals surface area (Å²) in [6, 6.07) is 1.94. The molecule has 0 saturated carbocycles. The summed E-state index contributed by atoms with van der Waals surface area (Å²) in [4.78, 5) is 1.02. The van der Waals surface area contributed by atoms with Gasteiger partial charge in [0, 0.05) is 41.9 Å². The van der Waals surface area contributed by atoms with Gasteiger partial charge in [-0.1, -0.05) is 0 Å². The molecule has 0 unspecified atom stereocenters. The van der Waals surface area contributed by atoms with Crippen molar-refractivity contribution in [3.8, 4) is 0 Å². The van der Waals surface area contributed by atoms with E-state index in [-0.39, 0.29) is 0 Å². The molecule has 1 heterocycles. The molecule has 0 bridgehead atoms. The minimum atomic E-state index is -3.38. The van der Waals surface area contributed by atoms with Crippen LogP contribution in [0.5, 0.6) is 0 Å². The maximum atomic E-state index is 12.3. The van der Waals surface area contributed by atoms with E-state index < -0.39 is 10.2 Å². The molecule has 1 rings (SSSR count). The van der Waals surface area contributed by atoms with Crippen molar-refractivity contribution in [1.29, 1.82) is 0 Å². The second-order valence-corrected chi connectivity index (χ2v) is 8.33. The predicted octanol–water partition coefficient (Wildman–Crippen LogP) is 1.73. The zero-order valence-electron chi connectivity index (χ0n) is 11.4. The summed E-state index contributed by atoms with van der Waals surface area (Å²) in [5.41, 5.74) is 0. The molecule has 0 amide bonds. The molecule has 110 valence electrons. The molecule has 0 aromatic carbocycles. The van der Waals surface area contributed by atoms with Crippen LogP contribution in [-0.4, -0.2) is 51.3 Å². The molecule has 19 heavy (non-hydrogen) atoms. The standard InChI is InChI=1S/C11H20BrN3O2S2/c1-13-5-4-6-14(2)19(16,17)15(3)8-11-7-10(12)9-18-11/h7,9,13H,4-6,8H2,1-3H3. The van der Waals surface area contributed by atoms with E-state index in [1.807, 2.05) is 18.5 Å². The fourth-order valence-electron chi connectivity index (χ4n) is 1.57. The van der Waals surface area contributed by atoms with E-state index >= 15 is 0 Å².